The number of pyridine rings is 1. The Bertz CT molecular complexity index is 1230. The number of carboxylic acid groups (broad SMARTS) is 1. The third-order valence-corrected chi connectivity index (χ3v) is 6.98. The quantitative estimate of drug-likeness (QED) is 0.547. The van der Waals surface area contributed by atoms with Gasteiger partial charge in [-0.05, 0) is 78.4 Å². The molecule has 2 aliphatic carbocycles. The first kappa shape index (κ1) is 20.5. The second kappa shape index (κ2) is 7.60. The van der Waals surface area contributed by atoms with Gasteiger partial charge in [-0.1, -0.05) is 18.2 Å². The van der Waals surface area contributed by atoms with Gasteiger partial charge in [0.25, 0.3) is 0 Å². The van der Waals surface area contributed by atoms with Crippen LogP contribution in [0.25, 0.3) is 21.9 Å². The molecule has 2 aliphatic rings. The van der Waals surface area contributed by atoms with Crippen molar-refractivity contribution < 1.29 is 14.7 Å². The van der Waals surface area contributed by atoms with Gasteiger partial charge in [0, 0.05) is 29.9 Å². The van der Waals surface area contributed by atoms with E-state index in [0.29, 0.717) is 12.2 Å². The third kappa shape index (κ3) is 3.29. The number of carbonyl (C=O) groups excluding carboxylic acids is 1. The van der Waals surface area contributed by atoms with Crippen molar-refractivity contribution in [2.75, 3.05) is 4.90 Å². The average molecular weight is 431 g/mol. The van der Waals surface area contributed by atoms with Gasteiger partial charge in [0.05, 0.1) is 11.1 Å². The summed E-state index contributed by atoms with van der Waals surface area (Å²) in [5.41, 5.74) is 15.2. The molecule has 7 heteroatoms. The Balaban J connectivity index is 1.55. The maximum absolute atomic E-state index is 11.9. The number of aromatic nitrogens is 1. The van der Waals surface area contributed by atoms with Crippen LogP contribution in [0.1, 0.15) is 43.4 Å². The minimum absolute atomic E-state index is 0.0308. The van der Waals surface area contributed by atoms with E-state index >= 15 is 0 Å². The normalized spacial score (nSPS) is 17.0. The molecule has 2 amide bonds. The van der Waals surface area contributed by atoms with Gasteiger partial charge in [-0.3, -0.25) is 14.7 Å². The molecule has 164 valence electrons. The molecule has 3 aromatic rings. The van der Waals surface area contributed by atoms with Crippen molar-refractivity contribution in [3.05, 3.63) is 59.9 Å². The first-order chi connectivity index (χ1) is 15.4. The van der Waals surface area contributed by atoms with Gasteiger partial charge < -0.3 is 16.6 Å². The minimum Gasteiger partial charge on any atom is -0.465 e. The van der Waals surface area contributed by atoms with Crippen molar-refractivity contribution in [1.29, 1.82) is 0 Å². The van der Waals surface area contributed by atoms with Gasteiger partial charge in [0.1, 0.15) is 0 Å². The van der Waals surface area contributed by atoms with E-state index in [2.05, 4.69) is 4.98 Å². The first-order valence-corrected chi connectivity index (χ1v) is 11.0. The Morgan fingerprint density at radius 1 is 1.09 bits per heavy atom. The highest BCUT2D eigenvalue weighted by molar-refractivity contribution is 5.93. The van der Waals surface area contributed by atoms with Crippen LogP contribution in [0.3, 0.4) is 0 Å². The average Bonchev–Trinajstić information content (AvgIpc) is 3.57. The van der Waals surface area contributed by atoms with E-state index in [-0.39, 0.29) is 11.9 Å². The summed E-state index contributed by atoms with van der Waals surface area (Å²) in [6.07, 6.45) is 5.16. The van der Waals surface area contributed by atoms with Gasteiger partial charge >= 0.3 is 6.09 Å². The van der Waals surface area contributed by atoms with Gasteiger partial charge in [0.15, 0.2) is 0 Å². The summed E-state index contributed by atoms with van der Waals surface area (Å²) in [7, 11) is 0. The highest BCUT2D eigenvalue weighted by Crippen LogP contribution is 2.47. The summed E-state index contributed by atoms with van der Waals surface area (Å²) in [4.78, 5) is 29.8. The number of primary amides is 1. The molecule has 2 saturated carbocycles. The van der Waals surface area contributed by atoms with E-state index in [4.69, 9.17) is 11.5 Å². The predicted octanol–water partition coefficient (Wildman–Crippen LogP) is 3.91. The van der Waals surface area contributed by atoms with Crippen molar-refractivity contribution in [2.24, 2.45) is 11.5 Å². The first-order valence-electron chi connectivity index (χ1n) is 11.0. The lowest BCUT2D eigenvalue weighted by Crippen LogP contribution is -2.43. The molecule has 1 aromatic heterocycles. The molecule has 0 bridgehead atoms. The van der Waals surface area contributed by atoms with E-state index in [1.807, 2.05) is 42.5 Å². The number of hydrogen-bond donors (Lipinski definition) is 3. The van der Waals surface area contributed by atoms with Crippen LogP contribution in [-0.2, 0) is 16.8 Å². The van der Waals surface area contributed by atoms with E-state index in [1.54, 1.807) is 6.20 Å². The topological polar surface area (TPSA) is 123 Å². The van der Waals surface area contributed by atoms with Crippen LogP contribution < -0.4 is 16.4 Å². The fourth-order valence-electron chi connectivity index (χ4n) is 4.61. The zero-order valence-electron chi connectivity index (χ0n) is 17.8. The predicted molar refractivity (Wildman–Crippen MR) is 123 cm³/mol. The van der Waals surface area contributed by atoms with Crippen LogP contribution in [0.2, 0.25) is 0 Å². The fourth-order valence-corrected chi connectivity index (χ4v) is 4.61. The zero-order valence-corrected chi connectivity index (χ0v) is 17.8. The van der Waals surface area contributed by atoms with Crippen LogP contribution in [0.4, 0.5) is 10.5 Å². The molecular weight excluding hydrogens is 404 g/mol. The summed E-state index contributed by atoms with van der Waals surface area (Å²) >= 11 is 0. The lowest BCUT2D eigenvalue weighted by molar-refractivity contribution is -0.120. The van der Waals surface area contributed by atoms with Gasteiger partial charge in [-0.15, -0.1) is 0 Å². The Labute approximate surface area is 186 Å². The number of nitrogens with two attached hydrogens (primary N) is 2. The summed E-state index contributed by atoms with van der Waals surface area (Å²) in [5.74, 6) is -0.320. The second-order valence-electron chi connectivity index (χ2n) is 8.86. The third-order valence-electron chi connectivity index (χ3n) is 6.98. The van der Waals surface area contributed by atoms with Crippen LogP contribution in [0, 0.1) is 0 Å². The number of fused-ring (bicyclic) bond motifs is 1. The Morgan fingerprint density at radius 3 is 2.47 bits per heavy atom. The number of amides is 2. The van der Waals surface area contributed by atoms with Crippen LogP contribution in [0.5, 0.6) is 0 Å². The molecule has 0 saturated heterocycles. The van der Waals surface area contributed by atoms with Gasteiger partial charge in [-0.2, -0.15) is 0 Å². The molecule has 0 radical (unpaired) electrons. The lowest BCUT2D eigenvalue weighted by Gasteiger charge is -2.35. The van der Waals surface area contributed by atoms with E-state index in [1.165, 1.54) is 4.90 Å². The van der Waals surface area contributed by atoms with Crippen molar-refractivity contribution in [2.45, 2.75) is 50.1 Å². The molecule has 5 rings (SSSR count). The van der Waals surface area contributed by atoms with Gasteiger partial charge in [0.2, 0.25) is 5.91 Å². The monoisotopic (exact) mass is 430 g/mol. The standard InChI is InChI=1S/C25H26N4O3/c26-13-17-6-7-20(29(24(31)32)19-2-1-3-19)12-21(17)16-5-4-15-11-22(28-14-18(15)10-16)25(8-9-25)23(27)30/h4-7,10-12,14,19H,1-3,8-9,13,26H2,(H2,27,30)(H,31,32). The molecule has 32 heavy (non-hydrogen) atoms. The molecule has 0 unspecified atom stereocenters. The number of benzene rings is 2. The van der Waals surface area contributed by atoms with E-state index < -0.39 is 11.5 Å². The smallest absolute Gasteiger partial charge is 0.412 e. The molecule has 2 fully saturated rings. The lowest BCUT2D eigenvalue weighted by atomic mass is 9.90. The van der Waals surface area contributed by atoms with E-state index in [9.17, 15) is 14.7 Å². The van der Waals surface area contributed by atoms with Crippen LogP contribution in [-0.4, -0.2) is 28.1 Å². The van der Waals surface area contributed by atoms with Crippen LogP contribution >= 0.6 is 0 Å². The number of hydrogen-bond acceptors (Lipinski definition) is 4. The maximum atomic E-state index is 11.9. The summed E-state index contributed by atoms with van der Waals surface area (Å²) in [6, 6.07) is 13.7. The molecule has 0 spiro atoms. The Hall–Kier alpha value is -3.45. The van der Waals surface area contributed by atoms with Crippen molar-refractivity contribution in [1.82, 2.24) is 4.98 Å². The molecular formula is C25H26N4O3. The van der Waals surface area contributed by atoms with Crippen LogP contribution in [0.15, 0.2) is 48.7 Å². The number of nitrogens with zero attached hydrogens (tertiary/aromatic N) is 2. The summed E-state index contributed by atoms with van der Waals surface area (Å²) < 4.78 is 0. The van der Waals surface area contributed by atoms with Gasteiger partial charge in [-0.25, -0.2) is 4.79 Å². The number of rotatable bonds is 6. The summed E-state index contributed by atoms with van der Waals surface area (Å²) in [6.45, 7) is 0.350. The van der Waals surface area contributed by atoms with E-state index in [0.717, 1.165) is 65.3 Å². The van der Waals surface area contributed by atoms with Crippen molar-refractivity contribution in [3.8, 4) is 11.1 Å². The van der Waals surface area contributed by atoms with Crippen molar-refractivity contribution in [3.63, 3.8) is 0 Å². The largest absolute Gasteiger partial charge is 0.465 e. The Morgan fingerprint density at radius 2 is 1.88 bits per heavy atom. The highest BCUT2D eigenvalue weighted by Gasteiger charge is 2.51. The second-order valence-corrected chi connectivity index (χ2v) is 8.86. The highest BCUT2D eigenvalue weighted by atomic mass is 16.4. The molecule has 5 N–H and O–H groups in total. The Kier molecular flexibility index (Phi) is 4.86. The minimum atomic E-state index is -0.931. The van der Waals surface area contributed by atoms with Crippen molar-refractivity contribution >= 4 is 28.5 Å². The number of carbonyl (C=O) groups is 2. The molecule has 0 atom stereocenters. The molecule has 1 heterocycles. The molecule has 0 aliphatic heterocycles. The SMILES string of the molecule is NCc1ccc(N(C(=O)O)C2CCC2)cc1-c1ccc2cc(C3(C(N)=O)CC3)ncc2c1. The molecule has 2 aromatic carbocycles. The maximum Gasteiger partial charge on any atom is 0.412 e. The zero-order chi connectivity index (χ0) is 22.5. The molecule has 7 nitrogen and oxygen atoms in total. The fraction of sp³-hybridized carbons (Fsp3) is 0.320. The summed E-state index contributed by atoms with van der Waals surface area (Å²) in [5, 5.41) is 11.7. The number of anilines is 1.